The largest absolute Gasteiger partial charge is 0.480 e. The van der Waals surface area contributed by atoms with Gasteiger partial charge in [0.05, 0.1) is 6.61 Å². The van der Waals surface area contributed by atoms with Gasteiger partial charge in [0.2, 0.25) is 5.91 Å². The number of aliphatic carboxylic acids is 1. The zero-order valence-corrected chi connectivity index (χ0v) is 11.0. The van der Waals surface area contributed by atoms with Gasteiger partial charge in [-0.25, -0.2) is 0 Å². The molecule has 19 heavy (non-hydrogen) atoms. The van der Waals surface area contributed by atoms with E-state index in [2.05, 4.69) is 5.32 Å². The van der Waals surface area contributed by atoms with Crippen LogP contribution in [0.1, 0.15) is 25.3 Å². The third kappa shape index (κ3) is 6.57. The Balaban J connectivity index is 2.08. The summed E-state index contributed by atoms with van der Waals surface area (Å²) < 4.78 is 5.43. The molecule has 0 spiro atoms. The Hall–Kier alpha value is -1.88. The number of hydrogen-bond acceptors (Lipinski definition) is 3. The first kappa shape index (κ1) is 15.2. The van der Waals surface area contributed by atoms with E-state index in [9.17, 15) is 9.59 Å². The molecule has 0 fully saturated rings. The van der Waals surface area contributed by atoms with Gasteiger partial charge in [0.25, 0.3) is 0 Å². The highest BCUT2D eigenvalue weighted by molar-refractivity contribution is 5.83. The van der Waals surface area contributed by atoms with Gasteiger partial charge in [0.1, 0.15) is 6.04 Å². The summed E-state index contributed by atoms with van der Waals surface area (Å²) in [5, 5.41) is 11.0. The average Bonchev–Trinajstić information content (AvgIpc) is 2.39. The SMILES string of the molecule is CC(NC(=O)CCCOCc1ccccc1)C(=O)O. The number of ether oxygens (including phenoxy) is 1. The van der Waals surface area contributed by atoms with E-state index in [4.69, 9.17) is 9.84 Å². The van der Waals surface area contributed by atoms with Gasteiger partial charge in [-0.15, -0.1) is 0 Å². The van der Waals surface area contributed by atoms with Gasteiger partial charge in [0.15, 0.2) is 0 Å². The molecule has 2 N–H and O–H groups in total. The van der Waals surface area contributed by atoms with Crippen molar-refractivity contribution >= 4 is 11.9 Å². The molecule has 104 valence electrons. The fourth-order valence-corrected chi connectivity index (χ4v) is 1.47. The van der Waals surface area contributed by atoms with E-state index in [0.717, 1.165) is 5.56 Å². The Labute approximate surface area is 112 Å². The van der Waals surface area contributed by atoms with Crippen LogP contribution in [0.2, 0.25) is 0 Å². The average molecular weight is 265 g/mol. The molecule has 0 aliphatic rings. The first-order chi connectivity index (χ1) is 9.09. The van der Waals surface area contributed by atoms with E-state index in [1.807, 2.05) is 30.3 Å². The van der Waals surface area contributed by atoms with E-state index >= 15 is 0 Å². The maximum Gasteiger partial charge on any atom is 0.325 e. The summed E-state index contributed by atoms with van der Waals surface area (Å²) in [6.07, 6.45) is 0.845. The summed E-state index contributed by atoms with van der Waals surface area (Å²) in [5.74, 6) is -1.30. The molecular formula is C14H19NO4. The summed E-state index contributed by atoms with van der Waals surface area (Å²) in [7, 11) is 0. The first-order valence-electron chi connectivity index (χ1n) is 6.23. The Morgan fingerprint density at radius 3 is 2.63 bits per heavy atom. The minimum atomic E-state index is -1.03. The second kappa shape index (κ2) is 8.26. The number of benzene rings is 1. The third-order valence-corrected chi connectivity index (χ3v) is 2.55. The predicted octanol–water partition coefficient (Wildman–Crippen LogP) is 1.57. The van der Waals surface area contributed by atoms with Crippen LogP contribution in [0.25, 0.3) is 0 Å². The Morgan fingerprint density at radius 2 is 2.00 bits per heavy atom. The fourth-order valence-electron chi connectivity index (χ4n) is 1.47. The van der Waals surface area contributed by atoms with Crippen LogP contribution in [0, 0.1) is 0 Å². The second-order valence-corrected chi connectivity index (χ2v) is 4.27. The topological polar surface area (TPSA) is 75.6 Å². The van der Waals surface area contributed by atoms with Crippen LogP contribution in [-0.2, 0) is 20.9 Å². The monoisotopic (exact) mass is 265 g/mol. The summed E-state index contributed by atoms with van der Waals surface area (Å²) >= 11 is 0. The number of carboxylic acid groups (broad SMARTS) is 1. The number of nitrogens with one attached hydrogen (secondary N) is 1. The maximum absolute atomic E-state index is 11.4. The van der Waals surface area contributed by atoms with Gasteiger partial charge in [-0.2, -0.15) is 0 Å². The van der Waals surface area contributed by atoms with Crippen LogP contribution in [0.3, 0.4) is 0 Å². The van der Waals surface area contributed by atoms with Crippen molar-refractivity contribution in [3.63, 3.8) is 0 Å². The number of rotatable bonds is 8. The Kier molecular flexibility index (Phi) is 6.60. The van der Waals surface area contributed by atoms with Crippen molar-refractivity contribution in [1.82, 2.24) is 5.32 Å². The molecule has 1 atom stereocenters. The molecule has 0 bridgehead atoms. The molecule has 0 saturated heterocycles. The first-order valence-corrected chi connectivity index (χ1v) is 6.23. The Bertz CT molecular complexity index is 405. The summed E-state index contributed by atoms with van der Waals surface area (Å²) in [4.78, 5) is 21.9. The van der Waals surface area contributed by atoms with Gasteiger partial charge >= 0.3 is 5.97 Å². The van der Waals surface area contributed by atoms with Gasteiger partial charge in [-0.3, -0.25) is 9.59 Å². The molecule has 0 aromatic heterocycles. The number of amides is 1. The van der Waals surface area contributed by atoms with Crippen molar-refractivity contribution in [2.24, 2.45) is 0 Å². The number of carbonyl (C=O) groups is 2. The second-order valence-electron chi connectivity index (χ2n) is 4.27. The molecule has 1 unspecified atom stereocenters. The van der Waals surface area contributed by atoms with Crippen molar-refractivity contribution in [2.45, 2.75) is 32.4 Å². The van der Waals surface area contributed by atoms with E-state index in [-0.39, 0.29) is 12.3 Å². The normalized spacial score (nSPS) is 11.8. The molecular weight excluding hydrogens is 246 g/mol. The number of carbonyl (C=O) groups excluding carboxylic acids is 1. The maximum atomic E-state index is 11.4. The highest BCUT2D eigenvalue weighted by Gasteiger charge is 2.13. The van der Waals surface area contributed by atoms with E-state index in [0.29, 0.717) is 19.6 Å². The molecule has 1 aromatic carbocycles. The number of hydrogen-bond donors (Lipinski definition) is 2. The Morgan fingerprint density at radius 1 is 1.32 bits per heavy atom. The number of carboxylic acids is 1. The molecule has 0 radical (unpaired) electrons. The van der Waals surface area contributed by atoms with Crippen LogP contribution >= 0.6 is 0 Å². The van der Waals surface area contributed by atoms with Crippen molar-refractivity contribution in [1.29, 1.82) is 0 Å². The van der Waals surface area contributed by atoms with Crippen molar-refractivity contribution < 1.29 is 19.4 Å². The third-order valence-electron chi connectivity index (χ3n) is 2.55. The van der Waals surface area contributed by atoms with Crippen molar-refractivity contribution in [3.05, 3.63) is 35.9 Å². The zero-order valence-electron chi connectivity index (χ0n) is 11.0. The lowest BCUT2D eigenvalue weighted by atomic mass is 10.2. The molecule has 1 rings (SSSR count). The lowest BCUT2D eigenvalue weighted by Gasteiger charge is -2.09. The fraction of sp³-hybridized carbons (Fsp3) is 0.429. The lowest BCUT2D eigenvalue weighted by molar-refractivity contribution is -0.141. The summed E-state index contributed by atoms with van der Waals surface area (Å²) in [5.41, 5.74) is 1.09. The quantitative estimate of drug-likeness (QED) is 0.700. The van der Waals surface area contributed by atoms with Crippen LogP contribution < -0.4 is 5.32 Å². The molecule has 0 aliphatic carbocycles. The summed E-state index contributed by atoms with van der Waals surface area (Å²) in [6.45, 7) is 2.43. The lowest BCUT2D eigenvalue weighted by Crippen LogP contribution is -2.38. The van der Waals surface area contributed by atoms with Crippen molar-refractivity contribution in [3.8, 4) is 0 Å². The molecule has 1 amide bonds. The van der Waals surface area contributed by atoms with Gasteiger partial charge in [0, 0.05) is 13.0 Å². The smallest absolute Gasteiger partial charge is 0.325 e. The summed E-state index contributed by atoms with van der Waals surface area (Å²) in [6, 6.07) is 8.93. The van der Waals surface area contributed by atoms with Crippen molar-refractivity contribution in [2.75, 3.05) is 6.61 Å². The highest BCUT2D eigenvalue weighted by Crippen LogP contribution is 2.01. The van der Waals surface area contributed by atoms with Gasteiger partial charge in [-0.1, -0.05) is 30.3 Å². The van der Waals surface area contributed by atoms with Crippen LogP contribution in [0.4, 0.5) is 0 Å². The highest BCUT2D eigenvalue weighted by atomic mass is 16.5. The molecule has 0 saturated carbocycles. The van der Waals surface area contributed by atoms with E-state index < -0.39 is 12.0 Å². The molecule has 0 aliphatic heterocycles. The minimum Gasteiger partial charge on any atom is -0.480 e. The van der Waals surface area contributed by atoms with E-state index in [1.54, 1.807) is 0 Å². The minimum absolute atomic E-state index is 0.266. The van der Waals surface area contributed by atoms with Gasteiger partial charge in [-0.05, 0) is 18.9 Å². The zero-order chi connectivity index (χ0) is 14.1. The molecule has 5 nitrogen and oxygen atoms in total. The van der Waals surface area contributed by atoms with Crippen LogP contribution in [0.5, 0.6) is 0 Å². The molecule has 5 heteroatoms. The predicted molar refractivity (Wildman–Crippen MR) is 70.6 cm³/mol. The standard InChI is InChI=1S/C14H19NO4/c1-11(14(17)18)15-13(16)8-5-9-19-10-12-6-3-2-4-7-12/h2-4,6-7,11H,5,8-10H2,1H3,(H,15,16)(H,17,18). The molecule has 1 aromatic rings. The van der Waals surface area contributed by atoms with Crippen LogP contribution in [0.15, 0.2) is 30.3 Å². The van der Waals surface area contributed by atoms with E-state index in [1.165, 1.54) is 6.92 Å². The molecule has 0 heterocycles. The van der Waals surface area contributed by atoms with Crippen LogP contribution in [-0.4, -0.2) is 29.6 Å². The van der Waals surface area contributed by atoms with Gasteiger partial charge < -0.3 is 15.2 Å².